The maximum absolute atomic E-state index is 12.0. The Morgan fingerprint density at radius 2 is 1.89 bits per heavy atom. The highest BCUT2D eigenvalue weighted by atomic mass is 16.1. The molecule has 4 nitrogen and oxygen atoms in total. The van der Waals surface area contributed by atoms with Gasteiger partial charge in [-0.3, -0.25) is 9.59 Å². The first-order valence-electron chi connectivity index (χ1n) is 5.80. The van der Waals surface area contributed by atoms with Crippen LogP contribution >= 0.6 is 0 Å². The topological polar surface area (TPSA) is 65.1 Å². The zero-order chi connectivity index (χ0) is 13.4. The number of hydrogen-bond donors (Lipinski definition) is 1. The number of carbonyl (C=O) groups excluding carboxylic acids is 1. The third-order valence-electron chi connectivity index (χ3n) is 3.06. The number of fused-ring (bicyclic) bond motifs is 1. The van der Waals surface area contributed by atoms with Crippen molar-refractivity contribution in [3.63, 3.8) is 0 Å². The lowest BCUT2D eigenvalue weighted by molar-refractivity contribution is -0.118. The summed E-state index contributed by atoms with van der Waals surface area (Å²) in [5, 5.41) is 0.638. The van der Waals surface area contributed by atoms with Crippen molar-refractivity contribution in [1.29, 1.82) is 0 Å². The van der Waals surface area contributed by atoms with E-state index in [2.05, 4.69) is 0 Å². The van der Waals surface area contributed by atoms with Gasteiger partial charge in [0.05, 0.1) is 5.52 Å². The van der Waals surface area contributed by atoms with Crippen molar-refractivity contribution < 1.29 is 4.79 Å². The molecule has 0 spiro atoms. The zero-order valence-electron chi connectivity index (χ0n) is 10.8. The van der Waals surface area contributed by atoms with Crippen LogP contribution in [0.1, 0.15) is 16.8 Å². The number of aryl methyl sites for hydroxylation is 3. The van der Waals surface area contributed by atoms with Gasteiger partial charge in [-0.1, -0.05) is 6.07 Å². The maximum atomic E-state index is 12.0. The number of rotatable bonds is 2. The van der Waals surface area contributed by atoms with Crippen LogP contribution in [0.5, 0.6) is 0 Å². The first-order valence-corrected chi connectivity index (χ1v) is 5.80. The fourth-order valence-electron chi connectivity index (χ4n) is 2.39. The molecule has 0 atom stereocenters. The van der Waals surface area contributed by atoms with Crippen molar-refractivity contribution in [2.24, 2.45) is 5.73 Å². The van der Waals surface area contributed by atoms with E-state index < -0.39 is 5.91 Å². The molecule has 1 amide bonds. The molecule has 4 heteroatoms. The molecule has 2 N–H and O–H groups in total. The molecule has 1 aromatic heterocycles. The Labute approximate surface area is 105 Å². The van der Waals surface area contributed by atoms with Crippen LogP contribution in [-0.4, -0.2) is 10.5 Å². The lowest BCUT2D eigenvalue weighted by Gasteiger charge is -2.15. The van der Waals surface area contributed by atoms with Crippen LogP contribution in [0.25, 0.3) is 10.9 Å². The van der Waals surface area contributed by atoms with Crippen molar-refractivity contribution >= 4 is 16.8 Å². The number of benzene rings is 1. The standard InChI is InChI=1S/C14H16N2O2/c1-8-4-9(2)14-11(5-8)12(17)6-10(3)16(14)7-13(15)18/h4-6H,7H2,1-3H3,(H2,15,18). The van der Waals surface area contributed by atoms with E-state index in [1.807, 2.05) is 32.9 Å². The smallest absolute Gasteiger partial charge is 0.237 e. The predicted octanol–water partition coefficient (Wildman–Crippen LogP) is 1.41. The average Bonchev–Trinajstić information content (AvgIpc) is 2.23. The molecule has 18 heavy (non-hydrogen) atoms. The molecule has 0 aliphatic rings. The summed E-state index contributed by atoms with van der Waals surface area (Å²) in [5.41, 5.74) is 8.80. The molecule has 2 aromatic rings. The number of pyridine rings is 1. The second-order valence-corrected chi connectivity index (χ2v) is 4.68. The van der Waals surface area contributed by atoms with E-state index >= 15 is 0 Å². The third kappa shape index (κ3) is 2.01. The largest absolute Gasteiger partial charge is 0.368 e. The van der Waals surface area contributed by atoms with Crippen molar-refractivity contribution in [3.05, 3.63) is 45.2 Å². The number of nitrogens with zero attached hydrogens (tertiary/aromatic N) is 1. The molecular weight excluding hydrogens is 228 g/mol. The Hall–Kier alpha value is -2.10. The predicted molar refractivity (Wildman–Crippen MR) is 71.6 cm³/mol. The molecule has 1 heterocycles. The average molecular weight is 244 g/mol. The van der Waals surface area contributed by atoms with Crippen LogP contribution in [0.15, 0.2) is 23.0 Å². The first-order chi connectivity index (χ1) is 8.40. The van der Waals surface area contributed by atoms with Gasteiger partial charge in [0.1, 0.15) is 6.54 Å². The summed E-state index contributed by atoms with van der Waals surface area (Å²) in [5.74, 6) is -0.414. The molecule has 0 radical (unpaired) electrons. The molecule has 0 saturated heterocycles. The van der Waals surface area contributed by atoms with Crippen molar-refractivity contribution in [1.82, 2.24) is 4.57 Å². The summed E-state index contributed by atoms with van der Waals surface area (Å²) in [6, 6.07) is 5.39. The van der Waals surface area contributed by atoms with Gasteiger partial charge in [-0.05, 0) is 38.0 Å². The van der Waals surface area contributed by atoms with Crippen molar-refractivity contribution in [3.8, 4) is 0 Å². The van der Waals surface area contributed by atoms with Crippen LogP contribution in [-0.2, 0) is 11.3 Å². The van der Waals surface area contributed by atoms with Crippen molar-refractivity contribution in [2.75, 3.05) is 0 Å². The lowest BCUT2D eigenvalue weighted by Crippen LogP contribution is -2.22. The van der Waals surface area contributed by atoms with Crippen LogP contribution in [0.2, 0.25) is 0 Å². The summed E-state index contributed by atoms with van der Waals surface area (Å²) in [4.78, 5) is 23.2. The van der Waals surface area contributed by atoms with E-state index in [4.69, 9.17) is 5.73 Å². The fraction of sp³-hybridized carbons (Fsp3) is 0.286. The van der Waals surface area contributed by atoms with Crippen molar-refractivity contribution in [2.45, 2.75) is 27.3 Å². The molecule has 0 saturated carbocycles. The Balaban J connectivity index is 2.93. The van der Waals surface area contributed by atoms with E-state index in [0.717, 1.165) is 22.3 Å². The lowest BCUT2D eigenvalue weighted by atomic mass is 10.1. The molecule has 0 fully saturated rings. The van der Waals surface area contributed by atoms with E-state index in [-0.39, 0.29) is 12.0 Å². The van der Waals surface area contributed by atoms with E-state index in [0.29, 0.717) is 5.39 Å². The Morgan fingerprint density at radius 1 is 1.22 bits per heavy atom. The first kappa shape index (κ1) is 12.4. The minimum absolute atomic E-state index is 0.0185. The van der Waals surface area contributed by atoms with Gasteiger partial charge in [-0.2, -0.15) is 0 Å². The molecule has 0 bridgehead atoms. The number of primary amides is 1. The zero-order valence-corrected chi connectivity index (χ0v) is 10.8. The van der Waals surface area contributed by atoms with Gasteiger partial charge < -0.3 is 10.3 Å². The minimum Gasteiger partial charge on any atom is -0.368 e. The number of aromatic nitrogens is 1. The second-order valence-electron chi connectivity index (χ2n) is 4.68. The van der Waals surface area contributed by atoms with Crippen LogP contribution in [0, 0.1) is 20.8 Å². The highest BCUT2D eigenvalue weighted by molar-refractivity contribution is 5.85. The van der Waals surface area contributed by atoms with E-state index in [9.17, 15) is 9.59 Å². The van der Waals surface area contributed by atoms with Gasteiger partial charge in [0.2, 0.25) is 5.91 Å². The molecule has 0 unspecified atom stereocenters. The maximum Gasteiger partial charge on any atom is 0.237 e. The number of nitrogens with two attached hydrogens (primary N) is 1. The summed E-state index contributed by atoms with van der Waals surface area (Å²) in [6.07, 6.45) is 0. The van der Waals surface area contributed by atoms with E-state index in [1.165, 1.54) is 0 Å². The van der Waals surface area contributed by atoms with Gasteiger partial charge in [0.25, 0.3) is 0 Å². The van der Waals surface area contributed by atoms with Gasteiger partial charge in [-0.25, -0.2) is 0 Å². The van der Waals surface area contributed by atoms with Crippen LogP contribution < -0.4 is 11.2 Å². The summed E-state index contributed by atoms with van der Waals surface area (Å²) in [7, 11) is 0. The third-order valence-corrected chi connectivity index (χ3v) is 3.06. The molecular formula is C14H16N2O2. The minimum atomic E-state index is -0.414. The van der Waals surface area contributed by atoms with Gasteiger partial charge in [0.15, 0.2) is 5.43 Å². The van der Waals surface area contributed by atoms with Gasteiger partial charge >= 0.3 is 0 Å². The normalized spacial score (nSPS) is 10.8. The summed E-state index contributed by atoms with van der Waals surface area (Å²) >= 11 is 0. The molecule has 1 aromatic carbocycles. The Kier molecular flexibility index (Phi) is 2.95. The number of carbonyl (C=O) groups is 1. The fourth-order valence-corrected chi connectivity index (χ4v) is 2.39. The molecule has 94 valence electrons. The molecule has 0 aliphatic heterocycles. The number of amides is 1. The Bertz CT molecular complexity index is 699. The van der Waals surface area contributed by atoms with Crippen LogP contribution in [0.3, 0.4) is 0 Å². The summed E-state index contributed by atoms with van der Waals surface area (Å²) in [6.45, 7) is 5.78. The highest BCUT2D eigenvalue weighted by Crippen LogP contribution is 2.19. The van der Waals surface area contributed by atoms with Crippen LogP contribution in [0.4, 0.5) is 0 Å². The van der Waals surface area contributed by atoms with Gasteiger partial charge in [-0.15, -0.1) is 0 Å². The van der Waals surface area contributed by atoms with E-state index in [1.54, 1.807) is 10.6 Å². The quantitative estimate of drug-likeness (QED) is 0.868. The molecule has 0 aliphatic carbocycles. The van der Waals surface area contributed by atoms with Gasteiger partial charge in [0, 0.05) is 17.1 Å². The second kappa shape index (κ2) is 4.29. The monoisotopic (exact) mass is 244 g/mol. The summed E-state index contributed by atoms with van der Waals surface area (Å²) < 4.78 is 1.80. The SMILES string of the molecule is Cc1cc(C)c2c(c1)c(=O)cc(C)n2CC(N)=O. The molecule has 2 rings (SSSR count). The highest BCUT2D eigenvalue weighted by Gasteiger charge is 2.11. The number of hydrogen-bond acceptors (Lipinski definition) is 2. The Morgan fingerprint density at radius 3 is 2.50 bits per heavy atom.